The van der Waals surface area contributed by atoms with Crippen LogP contribution in [0.2, 0.25) is 0 Å². The predicted molar refractivity (Wildman–Crippen MR) is 123 cm³/mol. The zero-order valence-corrected chi connectivity index (χ0v) is 19.7. The van der Waals surface area contributed by atoms with Gasteiger partial charge in [-0.2, -0.15) is 13.2 Å². The number of H-pyrrole nitrogens is 1. The number of rotatable bonds is 4. The molecule has 2 amide bonds. The standard InChI is InChI=1S/C24H26F3N5O4/c1-15(33)30-8-10-31(11-9-30)22(35)16-4-2-5-17(12-16)36-21-19(32-13-23(14-32)6-3-7-23)18(24(25,26)27)20(34)28-29-21/h2,4-5,12H,3,6-11,13-14H2,1H3,(H,28,34). The van der Waals surface area contributed by atoms with E-state index in [0.29, 0.717) is 44.8 Å². The Morgan fingerprint density at radius 3 is 2.33 bits per heavy atom. The lowest BCUT2D eigenvalue weighted by Crippen LogP contribution is -2.60. The number of hydrogen-bond donors (Lipinski definition) is 1. The van der Waals surface area contributed by atoms with E-state index in [1.807, 2.05) is 5.10 Å². The molecule has 0 atom stereocenters. The number of amides is 2. The number of nitrogens with zero attached hydrogens (tertiary/aromatic N) is 4. The van der Waals surface area contributed by atoms with Crippen molar-refractivity contribution in [1.82, 2.24) is 20.0 Å². The van der Waals surface area contributed by atoms with Crippen LogP contribution in [0.15, 0.2) is 29.1 Å². The summed E-state index contributed by atoms with van der Waals surface area (Å²) in [5, 5.41) is 5.70. The number of carbonyl (C=O) groups excluding carboxylic acids is 2. The molecule has 1 aromatic heterocycles. The van der Waals surface area contributed by atoms with Crippen LogP contribution in [0.25, 0.3) is 0 Å². The molecule has 0 radical (unpaired) electrons. The number of benzene rings is 1. The fraction of sp³-hybridized carbons (Fsp3) is 0.500. The van der Waals surface area contributed by atoms with Gasteiger partial charge in [-0.25, -0.2) is 5.10 Å². The number of alkyl halides is 3. The molecule has 2 aromatic rings. The van der Waals surface area contributed by atoms with E-state index >= 15 is 0 Å². The summed E-state index contributed by atoms with van der Waals surface area (Å²) in [5.74, 6) is -0.568. The maximum atomic E-state index is 13.9. The molecule has 5 rings (SSSR count). The van der Waals surface area contributed by atoms with Gasteiger partial charge in [0.25, 0.3) is 17.3 Å². The second kappa shape index (κ2) is 8.82. The molecule has 0 unspecified atom stereocenters. The average molecular weight is 505 g/mol. The van der Waals surface area contributed by atoms with E-state index in [1.165, 1.54) is 24.0 Å². The number of hydrogen-bond acceptors (Lipinski definition) is 6. The largest absolute Gasteiger partial charge is 0.436 e. The first kappa shape index (κ1) is 24.1. The lowest BCUT2D eigenvalue weighted by molar-refractivity contribution is -0.138. The Kier molecular flexibility index (Phi) is 5.92. The van der Waals surface area contributed by atoms with Crippen molar-refractivity contribution in [1.29, 1.82) is 0 Å². The third kappa shape index (κ3) is 4.40. The molecule has 192 valence electrons. The van der Waals surface area contributed by atoms with Gasteiger partial charge in [0.2, 0.25) is 5.91 Å². The Balaban J connectivity index is 1.40. The maximum absolute atomic E-state index is 13.9. The van der Waals surface area contributed by atoms with Gasteiger partial charge < -0.3 is 19.4 Å². The van der Waals surface area contributed by atoms with Crippen LogP contribution in [-0.4, -0.2) is 71.1 Å². The molecule has 1 N–H and O–H groups in total. The van der Waals surface area contributed by atoms with Gasteiger partial charge in [0, 0.05) is 57.2 Å². The molecule has 36 heavy (non-hydrogen) atoms. The van der Waals surface area contributed by atoms with Crippen molar-refractivity contribution in [3.63, 3.8) is 0 Å². The van der Waals surface area contributed by atoms with Crippen molar-refractivity contribution in [2.75, 3.05) is 44.2 Å². The summed E-state index contributed by atoms with van der Waals surface area (Å²) in [6, 6.07) is 6.10. The number of aromatic nitrogens is 2. The highest BCUT2D eigenvalue weighted by Gasteiger charge is 2.51. The SMILES string of the molecule is CC(=O)N1CCN(C(=O)c2cccc(Oc3n[nH]c(=O)c(C(F)(F)F)c3N3CC4(CCC4)C3)c2)CC1. The van der Waals surface area contributed by atoms with E-state index in [9.17, 15) is 27.6 Å². The Bertz CT molecular complexity index is 1240. The maximum Gasteiger partial charge on any atom is 0.423 e. The Labute approximate surface area is 204 Å². The smallest absolute Gasteiger partial charge is 0.423 e. The Hall–Kier alpha value is -3.57. The zero-order chi connectivity index (χ0) is 25.7. The molecule has 2 aliphatic heterocycles. The minimum Gasteiger partial charge on any atom is -0.436 e. The van der Waals surface area contributed by atoms with Gasteiger partial charge in [-0.3, -0.25) is 14.4 Å². The van der Waals surface area contributed by atoms with Gasteiger partial charge in [0.1, 0.15) is 11.4 Å². The van der Waals surface area contributed by atoms with E-state index in [1.54, 1.807) is 21.9 Å². The third-order valence-corrected chi connectivity index (χ3v) is 7.30. The van der Waals surface area contributed by atoms with Crippen LogP contribution in [0, 0.1) is 5.41 Å². The van der Waals surface area contributed by atoms with Crippen LogP contribution in [0.1, 0.15) is 42.1 Å². The molecule has 0 bridgehead atoms. The monoisotopic (exact) mass is 505 g/mol. The van der Waals surface area contributed by atoms with Crippen LogP contribution in [0.5, 0.6) is 11.6 Å². The second-order valence-corrected chi connectivity index (χ2v) is 9.72. The van der Waals surface area contributed by atoms with Gasteiger partial charge in [-0.05, 0) is 31.0 Å². The van der Waals surface area contributed by atoms with E-state index in [4.69, 9.17) is 4.74 Å². The highest BCUT2D eigenvalue weighted by Crippen LogP contribution is 2.52. The minimum absolute atomic E-state index is 0.00148. The molecule has 3 aliphatic rings. The summed E-state index contributed by atoms with van der Waals surface area (Å²) < 4.78 is 47.4. The first-order chi connectivity index (χ1) is 17.1. The summed E-state index contributed by atoms with van der Waals surface area (Å²) in [4.78, 5) is 41.5. The van der Waals surface area contributed by atoms with Gasteiger partial charge in [-0.1, -0.05) is 12.5 Å². The van der Waals surface area contributed by atoms with Gasteiger partial charge >= 0.3 is 6.18 Å². The van der Waals surface area contributed by atoms with Crippen molar-refractivity contribution in [3.8, 4) is 11.6 Å². The molecule has 12 heteroatoms. The minimum atomic E-state index is -4.90. The van der Waals surface area contributed by atoms with E-state index in [-0.39, 0.29) is 34.5 Å². The van der Waals surface area contributed by atoms with Crippen LogP contribution in [0.3, 0.4) is 0 Å². The molecular formula is C24H26F3N5O4. The molecule has 1 saturated carbocycles. The molecule has 3 fully saturated rings. The van der Waals surface area contributed by atoms with Gasteiger partial charge in [0.15, 0.2) is 5.56 Å². The van der Waals surface area contributed by atoms with Crippen molar-refractivity contribution in [2.45, 2.75) is 32.4 Å². The second-order valence-electron chi connectivity index (χ2n) is 9.72. The van der Waals surface area contributed by atoms with Crippen LogP contribution in [0.4, 0.5) is 18.9 Å². The van der Waals surface area contributed by atoms with Crippen molar-refractivity contribution in [2.24, 2.45) is 5.41 Å². The molecule has 3 heterocycles. The first-order valence-electron chi connectivity index (χ1n) is 11.8. The molecule has 2 saturated heterocycles. The highest BCUT2D eigenvalue weighted by molar-refractivity contribution is 5.94. The van der Waals surface area contributed by atoms with Gasteiger partial charge in [-0.15, -0.1) is 5.10 Å². The Morgan fingerprint density at radius 2 is 1.75 bits per heavy atom. The highest BCUT2D eigenvalue weighted by atomic mass is 19.4. The van der Waals surface area contributed by atoms with Crippen LogP contribution >= 0.6 is 0 Å². The molecule has 1 spiro atoms. The normalized spacial score (nSPS) is 19.1. The number of nitrogens with one attached hydrogen (secondary N) is 1. The van der Waals surface area contributed by atoms with E-state index in [0.717, 1.165) is 19.3 Å². The predicted octanol–water partition coefficient (Wildman–Crippen LogP) is 2.88. The number of aromatic amines is 1. The number of halogens is 3. The summed E-state index contributed by atoms with van der Waals surface area (Å²) in [6.45, 7) is 3.90. The fourth-order valence-electron chi connectivity index (χ4n) is 5.18. The lowest BCUT2D eigenvalue weighted by atomic mass is 9.63. The molecular weight excluding hydrogens is 479 g/mol. The number of piperazine rings is 1. The zero-order valence-electron chi connectivity index (χ0n) is 19.7. The number of anilines is 1. The lowest BCUT2D eigenvalue weighted by Gasteiger charge is -2.57. The van der Waals surface area contributed by atoms with Crippen LogP contribution < -0.4 is 15.2 Å². The summed E-state index contributed by atoms with van der Waals surface area (Å²) >= 11 is 0. The van der Waals surface area contributed by atoms with Crippen molar-refractivity contribution in [3.05, 3.63) is 45.7 Å². The third-order valence-electron chi connectivity index (χ3n) is 7.30. The first-order valence-corrected chi connectivity index (χ1v) is 11.8. The molecule has 9 nitrogen and oxygen atoms in total. The molecule has 1 aromatic carbocycles. The topological polar surface area (TPSA) is 98.8 Å². The Morgan fingerprint density at radius 1 is 1.08 bits per heavy atom. The summed E-state index contributed by atoms with van der Waals surface area (Å²) in [7, 11) is 0. The van der Waals surface area contributed by atoms with Crippen LogP contribution in [-0.2, 0) is 11.0 Å². The van der Waals surface area contributed by atoms with E-state index in [2.05, 4.69) is 5.10 Å². The summed E-state index contributed by atoms with van der Waals surface area (Å²) in [5.41, 5.74) is -2.74. The summed E-state index contributed by atoms with van der Waals surface area (Å²) in [6.07, 6.45) is -1.96. The number of carbonyl (C=O) groups is 2. The van der Waals surface area contributed by atoms with Crippen molar-refractivity contribution >= 4 is 17.5 Å². The van der Waals surface area contributed by atoms with Gasteiger partial charge in [0.05, 0.1) is 0 Å². The van der Waals surface area contributed by atoms with Crippen molar-refractivity contribution < 1.29 is 27.5 Å². The van der Waals surface area contributed by atoms with E-state index < -0.39 is 17.3 Å². The fourth-order valence-corrected chi connectivity index (χ4v) is 5.18. The molecule has 1 aliphatic carbocycles. The number of ether oxygens (including phenoxy) is 1. The quantitative estimate of drug-likeness (QED) is 0.686. The average Bonchev–Trinajstić information content (AvgIpc) is 2.78.